The highest BCUT2D eigenvalue weighted by Gasteiger charge is 2.26. The number of carbonyl (C=O) groups is 1. The van der Waals surface area contributed by atoms with Crippen LogP contribution in [0.4, 0.5) is 0 Å². The average molecular weight is 544 g/mol. The monoisotopic (exact) mass is 543 g/mol. The fourth-order valence-electron chi connectivity index (χ4n) is 4.45. The zero-order valence-corrected chi connectivity index (χ0v) is 23.4. The third-order valence-corrected chi connectivity index (χ3v) is 7.07. The first kappa shape index (κ1) is 26.8. The van der Waals surface area contributed by atoms with E-state index < -0.39 is 6.04 Å². The van der Waals surface area contributed by atoms with Gasteiger partial charge < -0.3 is 5.32 Å². The molecule has 0 fully saturated rings. The molecule has 4 aromatic heterocycles. The van der Waals surface area contributed by atoms with Crippen LogP contribution in [0.5, 0.6) is 0 Å². The average Bonchev–Trinajstić information content (AvgIpc) is 3.79. The van der Waals surface area contributed by atoms with Crippen molar-refractivity contribution < 1.29 is 4.79 Å². The lowest BCUT2D eigenvalue weighted by Gasteiger charge is -2.18. The molecule has 0 bridgehead atoms. The van der Waals surface area contributed by atoms with Crippen LogP contribution >= 0.6 is 0 Å². The van der Waals surface area contributed by atoms with Gasteiger partial charge in [0.2, 0.25) is 5.91 Å². The highest BCUT2D eigenvalue weighted by atomic mass is 16.2. The summed E-state index contributed by atoms with van der Waals surface area (Å²) in [5.74, 6) is -0.0627. The maximum Gasteiger partial charge on any atom is 0.244 e. The Bertz CT molecular complexity index is 1560. The summed E-state index contributed by atoms with van der Waals surface area (Å²) in [5, 5.41) is 37.2. The molecule has 1 amide bonds. The summed E-state index contributed by atoms with van der Waals surface area (Å²) in [5.41, 5.74) is 3.96. The summed E-state index contributed by atoms with van der Waals surface area (Å²) in [4.78, 5) is 12.4. The highest BCUT2D eigenvalue weighted by Crippen LogP contribution is 2.24. The molecule has 14 heteroatoms. The topological polar surface area (TPSA) is 152 Å². The number of aromatic nitrogens is 12. The number of hydrogen-bond acceptors (Lipinski definition) is 9. The second-order valence-electron chi connectivity index (χ2n) is 10.2. The van der Waals surface area contributed by atoms with E-state index in [1.807, 2.05) is 83.5 Å². The fourth-order valence-corrected chi connectivity index (χ4v) is 4.45. The summed E-state index contributed by atoms with van der Waals surface area (Å²) in [6.45, 7) is 9.89. The zero-order valence-electron chi connectivity index (χ0n) is 23.4. The van der Waals surface area contributed by atoms with E-state index in [0.29, 0.717) is 5.69 Å². The molecule has 1 aromatic carbocycles. The molecular formula is C26H33N13O. The maximum absolute atomic E-state index is 12.4. The lowest BCUT2D eigenvalue weighted by molar-refractivity contribution is -0.125. The van der Waals surface area contributed by atoms with E-state index in [-0.39, 0.29) is 30.0 Å². The predicted molar refractivity (Wildman–Crippen MR) is 145 cm³/mol. The van der Waals surface area contributed by atoms with Crippen molar-refractivity contribution in [2.24, 2.45) is 5.92 Å². The Morgan fingerprint density at radius 2 is 1.10 bits per heavy atom. The van der Waals surface area contributed by atoms with Crippen molar-refractivity contribution in [3.05, 3.63) is 72.2 Å². The lowest BCUT2D eigenvalue weighted by atomic mass is 10.0. The number of likely N-dealkylation sites (N-methyl/N-ethyl adjacent to an activating group) is 1. The summed E-state index contributed by atoms with van der Waals surface area (Å²) in [7, 11) is 1.62. The van der Waals surface area contributed by atoms with Crippen molar-refractivity contribution in [3.8, 4) is 11.3 Å². The number of benzene rings is 1. The van der Waals surface area contributed by atoms with Crippen molar-refractivity contribution in [2.45, 2.75) is 58.8 Å². The van der Waals surface area contributed by atoms with Gasteiger partial charge in [0, 0.05) is 12.6 Å². The molecule has 0 unspecified atom stereocenters. The van der Waals surface area contributed by atoms with Gasteiger partial charge in [-0.2, -0.15) is 0 Å². The summed E-state index contributed by atoms with van der Waals surface area (Å²) in [6, 6.07) is 8.86. The van der Waals surface area contributed by atoms with Crippen LogP contribution in [0.3, 0.4) is 0 Å². The molecule has 0 aliphatic carbocycles. The van der Waals surface area contributed by atoms with Gasteiger partial charge in [-0.15, -0.1) is 20.4 Å². The van der Waals surface area contributed by atoms with Gasteiger partial charge in [-0.3, -0.25) is 4.79 Å². The van der Waals surface area contributed by atoms with Crippen LogP contribution in [0.15, 0.2) is 55.1 Å². The van der Waals surface area contributed by atoms with Crippen molar-refractivity contribution >= 4 is 5.91 Å². The maximum atomic E-state index is 12.4. The quantitative estimate of drug-likeness (QED) is 0.280. The third-order valence-electron chi connectivity index (χ3n) is 7.07. The summed E-state index contributed by atoms with van der Waals surface area (Å²) in [6.07, 6.45) is 7.44. The molecule has 4 atom stereocenters. The Balaban J connectivity index is 1.28. The molecule has 208 valence electrons. The third kappa shape index (κ3) is 5.24. The Morgan fingerprint density at radius 1 is 0.650 bits per heavy atom. The van der Waals surface area contributed by atoms with Gasteiger partial charge in [-0.1, -0.05) is 65.0 Å². The molecule has 5 aromatic rings. The van der Waals surface area contributed by atoms with Crippen LogP contribution < -0.4 is 5.32 Å². The van der Waals surface area contributed by atoms with Gasteiger partial charge in [-0.05, 0) is 26.7 Å². The molecule has 0 saturated heterocycles. The van der Waals surface area contributed by atoms with Crippen LogP contribution in [0.1, 0.15) is 75.9 Å². The predicted octanol–water partition coefficient (Wildman–Crippen LogP) is 2.49. The number of carbonyl (C=O) groups excluding carboxylic acids is 1. The second-order valence-corrected chi connectivity index (χ2v) is 10.2. The van der Waals surface area contributed by atoms with E-state index in [2.05, 4.69) is 46.6 Å². The molecule has 5 rings (SSSR count). The Kier molecular flexibility index (Phi) is 7.49. The van der Waals surface area contributed by atoms with E-state index in [4.69, 9.17) is 0 Å². The number of amides is 1. The van der Waals surface area contributed by atoms with E-state index in [1.165, 1.54) is 0 Å². The minimum atomic E-state index is -0.448. The van der Waals surface area contributed by atoms with Crippen LogP contribution in [0.2, 0.25) is 0 Å². The molecule has 0 spiro atoms. The first-order valence-electron chi connectivity index (χ1n) is 13.2. The van der Waals surface area contributed by atoms with E-state index in [1.54, 1.807) is 32.0 Å². The molecule has 14 nitrogen and oxygen atoms in total. The van der Waals surface area contributed by atoms with Gasteiger partial charge >= 0.3 is 0 Å². The van der Waals surface area contributed by atoms with Gasteiger partial charge in [0.15, 0.2) is 0 Å². The molecule has 4 heterocycles. The van der Waals surface area contributed by atoms with Crippen molar-refractivity contribution in [2.75, 3.05) is 7.05 Å². The fraction of sp³-hybridized carbons (Fsp3) is 0.423. The molecule has 0 aliphatic heterocycles. The van der Waals surface area contributed by atoms with E-state index in [0.717, 1.165) is 22.6 Å². The normalized spacial score (nSPS) is 14.7. The van der Waals surface area contributed by atoms with Crippen molar-refractivity contribution in [1.82, 2.24) is 65.3 Å². The molecule has 0 radical (unpaired) electrons. The first-order chi connectivity index (χ1) is 19.3. The smallest absolute Gasteiger partial charge is 0.244 e. The van der Waals surface area contributed by atoms with E-state index in [9.17, 15) is 4.79 Å². The molecule has 0 saturated carbocycles. The van der Waals surface area contributed by atoms with Crippen LogP contribution in [-0.4, -0.2) is 72.9 Å². The van der Waals surface area contributed by atoms with Crippen molar-refractivity contribution in [1.29, 1.82) is 0 Å². The minimum absolute atomic E-state index is 0.0504. The van der Waals surface area contributed by atoms with E-state index >= 15 is 0 Å². The standard InChI is InChI=1S/C26H33N13O/c1-16(2)25(26(40)27-6)39-14-23(30-35-39)19(5)37-12-21(28-33-37)17(3)36-13-22(29-32-36)18(4)38-15-24(31-34-38)20-10-8-7-9-11-20/h7-19,25H,1-6H3,(H,27,40)/t17-,18-,19-,25-/m0/s1. The number of nitrogens with zero attached hydrogens (tertiary/aromatic N) is 12. The second kappa shape index (κ2) is 11.2. The summed E-state index contributed by atoms with van der Waals surface area (Å²) >= 11 is 0. The number of rotatable bonds is 10. The van der Waals surface area contributed by atoms with Gasteiger partial charge in [0.25, 0.3) is 0 Å². The highest BCUT2D eigenvalue weighted by molar-refractivity contribution is 5.80. The van der Waals surface area contributed by atoms with Crippen LogP contribution in [-0.2, 0) is 4.79 Å². The van der Waals surface area contributed by atoms with Gasteiger partial charge in [0.05, 0.1) is 42.9 Å². The largest absolute Gasteiger partial charge is 0.357 e. The Labute approximate surface area is 231 Å². The first-order valence-corrected chi connectivity index (χ1v) is 13.2. The van der Waals surface area contributed by atoms with Gasteiger partial charge in [0.1, 0.15) is 28.8 Å². The van der Waals surface area contributed by atoms with Crippen LogP contribution in [0, 0.1) is 5.92 Å². The molecule has 40 heavy (non-hydrogen) atoms. The molecule has 1 N–H and O–H groups in total. The van der Waals surface area contributed by atoms with Gasteiger partial charge in [-0.25, -0.2) is 18.7 Å². The Hall–Kier alpha value is -4.75. The number of hydrogen-bond donors (Lipinski definition) is 1. The van der Waals surface area contributed by atoms with Crippen molar-refractivity contribution in [3.63, 3.8) is 0 Å². The number of nitrogens with one attached hydrogen (secondary N) is 1. The Morgan fingerprint density at radius 3 is 1.60 bits per heavy atom. The molecular weight excluding hydrogens is 510 g/mol. The zero-order chi connectivity index (χ0) is 28.4. The summed E-state index contributed by atoms with van der Waals surface area (Å²) < 4.78 is 6.87. The SMILES string of the molecule is CNC(=O)[C@H](C(C)C)n1cc([C@H](C)n2cc([C@H](C)n3cc([C@H](C)n4cc(-c5ccccc5)nn4)nn3)nn2)nn1. The van der Waals surface area contributed by atoms with Crippen LogP contribution in [0.25, 0.3) is 11.3 Å². The molecule has 0 aliphatic rings. The minimum Gasteiger partial charge on any atom is -0.357 e. The lowest BCUT2D eigenvalue weighted by Crippen LogP contribution is -2.33.